The summed E-state index contributed by atoms with van der Waals surface area (Å²) < 4.78 is 0. The number of amides is 2. The van der Waals surface area contributed by atoms with Crippen molar-refractivity contribution in [3.63, 3.8) is 0 Å². The molecular formula is C18H21ClN2O. The van der Waals surface area contributed by atoms with Crippen molar-refractivity contribution < 1.29 is 4.79 Å². The van der Waals surface area contributed by atoms with E-state index in [9.17, 15) is 4.79 Å². The Labute approximate surface area is 136 Å². The van der Waals surface area contributed by atoms with Crippen molar-refractivity contribution in [3.05, 3.63) is 70.2 Å². The minimum Gasteiger partial charge on any atom is -0.338 e. The molecule has 2 aromatic carbocycles. The van der Waals surface area contributed by atoms with Crippen LogP contribution in [0.1, 0.15) is 16.7 Å². The van der Waals surface area contributed by atoms with E-state index in [0.717, 1.165) is 23.4 Å². The number of aryl methyl sites for hydroxylation is 1. The first-order valence-corrected chi connectivity index (χ1v) is 7.83. The average Bonchev–Trinajstić information content (AvgIpc) is 2.49. The van der Waals surface area contributed by atoms with Crippen molar-refractivity contribution in [3.8, 4) is 0 Å². The lowest BCUT2D eigenvalue weighted by Gasteiger charge is -2.09. The highest BCUT2D eigenvalue weighted by atomic mass is 35.5. The molecule has 0 saturated heterocycles. The Balaban J connectivity index is 1.65. The van der Waals surface area contributed by atoms with Gasteiger partial charge in [-0.1, -0.05) is 48.0 Å². The Morgan fingerprint density at radius 3 is 2.45 bits per heavy atom. The number of hydrogen-bond donors (Lipinski definition) is 2. The highest BCUT2D eigenvalue weighted by Crippen LogP contribution is 2.10. The number of carbonyl (C=O) groups excluding carboxylic acids is 1. The van der Waals surface area contributed by atoms with Gasteiger partial charge < -0.3 is 10.6 Å². The minimum absolute atomic E-state index is 0.129. The zero-order chi connectivity index (χ0) is 15.8. The normalized spacial score (nSPS) is 10.3. The molecule has 2 amide bonds. The Bertz CT molecular complexity index is 628. The van der Waals surface area contributed by atoms with Gasteiger partial charge in [0.15, 0.2) is 0 Å². The van der Waals surface area contributed by atoms with Gasteiger partial charge in [-0.2, -0.15) is 0 Å². The largest absolute Gasteiger partial charge is 0.338 e. The van der Waals surface area contributed by atoms with Crippen molar-refractivity contribution >= 4 is 17.6 Å². The first-order valence-electron chi connectivity index (χ1n) is 7.46. The molecule has 0 unspecified atom stereocenters. The van der Waals surface area contributed by atoms with Crippen LogP contribution in [0.5, 0.6) is 0 Å². The van der Waals surface area contributed by atoms with Crippen LogP contribution < -0.4 is 10.6 Å². The topological polar surface area (TPSA) is 41.1 Å². The van der Waals surface area contributed by atoms with Gasteiger partial charge in [-0.25, -0.2) is 4.79 Å². The van der Waals surface area contributed by atoms with Gasteiger partial charge in [0.25, 0.3) is 0 Å². The molecule has 0 saturated carbocycles. The second-order valence-electron chi connectivity index (χ2n) is 5.24. The Hall–Kier alpha value is -2.00. The smallest absolute Gasteiger partial charge is 0.314 e. The van der Waals surface area contributed by atoms with Crippen LogP contribution in [0.15, 0.2) is 48.5 Å². The summed E-state index contributed by atoms with van der Waals surface area (Å²) in [4.78, 5) is 11.7. The van der Waals surface area contributed by atoms with Crippen LogP contribution in [-0.4, -0.2) is 19.1 Å². The number of hydrogen-bond acceptors (Lipinski definition) is 1. The molecule has 0 aliphatic carbocycles. The lowest BCUT2D eigenvalue weighted by atomic mass is 10.1. The molecule has 0 aliphatic rings. The van der Waals surface area contributed by atoms with Gasteiger partial charge in [0, 0.05) is 18.1 Å². The quantitative estimate of drug-likeness (QED) is 0.837. The molecule has 0 spiro atoms. The van der Waals surface area contributed by atoms with Crippen molar-refractivity contribution in [1.82, 2.24) is 10.6 Å². The third kappa shape index (κ3) is 5.41. The van der Waals surface area contributed by atoms with Crippen LogP contribution in [0.4, 0.5) is 4.79 Å². The van der Waals surface area contributed by atoms with Gasteiger partial charge in [0.1, 0.15) is 0 Å². The lowest BCUT2D eigenvalue weighted by molar-refractivity contribution is 0.241. The molecule has 2 N–H and O–H groups in total. The third-order valence-corrected chi connectivity index (χ3v) is 3.76. The molecule has 3 nitrogen and oxygen atoms in total. The summed E-state index contributed by atoms with van der Waals surface area (Å²) in [5.41, 5.74) is 3.64. The van der Waals surface area contributed by atoms with Gasteiger partial charge in [-0.3, -0.25) is 0 Å². The van der Waals surface area contributed by atoms with E-state index in [1.165, 1.54) is 11.1 Å². The highest BCUT2D eigenvalue weighted by Gasteiger charge is 2.01. The molecule has 4 heteroatoms. The highest BCUT2D eigenvalue weighted by molar-refractivity contribution is 6.30. The van der Waals surface area contributed by atoms with Gasteiger partial charge >= 0.3 is 6.03 Å². The van der Waals surface area contributed by atoms with Crippen molar-refractivity contribution in [2.75, 3.05) is 13.1 Å². The molecule has 0 aromatic heterocycles. The van der Waals surface area contributed by atoms with Crippen LogP contribution in [0, 0.1) is 6.92 Å². The third-order valence-electron chi connectivity index (χ3n) is 3.53. The number of nitrogens with one attached hydrogen (secondary N) is 2. The van der Waals surface area contributed by atoms with Crippen LogP contribution in [0.25, 0.3) is 0 Å². The number of halogens is 1. The Morgan fingerprint density at radius 1 is 1.00 bits per heavy atom. The van der Waals surface area contributed by atoms with E-state index in [1.54, 1.807) is 0 Å². The van der Waals surface area contributed by atoms with E-state index in [4.69, 9.17) is 11.6 Å². The summed E-state index contributed by atoms with van der Waals surface area (Å²) in [6.07, 6.45) is 1.61. The van der Waals surface area contributed by atoms with Gasteiger partial charge in [0.05, 0.1) is 0 Å². The van der Waals surface area contributed by atoms with E-state index in [1.807, 2.05) is 36.4 Å². The van der Waals surface area contributed by atoms with Crippen molar-refractivity contribution in [2.24, 2.45) is 0 Å². The number of benzene rings is 2. The maximum atomic E-state index is 11.7. The Kier molecular flexibility index (Phi) is 6.28. The number of rotatable bonds is 6. The predicted molar refractivity (Wildman–Crippen MR) is 91.4 cm³/mol. The summed E-state index contributed by atoms with van der Waals surface area (Å²) in [5, 5.41) is 6.46. The van der Waals surface area contributed by atoms with Crippen molar-refractivity contribution in [1.29, 1.82) is 0 Å². The molecule has 0 aliphatic heterocycles. The molecule has 2 rings (SSSR count). The first kappa shape index (κ1) is 16.4. The first-order chi connectivity index (χ1) is 10.6. The summed E-state index contributed by atoms with van der Waals surface area (Å²) in [6, 6.07) is 15.8. The van der Waals surface area contributed by atoms with Crippen LogP contribution >= 0.6 is 11.6 Å². The minimum atomic E-state index is -0.129. The fourth-order valence-corrected chi connectivity index (χ4v) is 2.49. The standard InChI is InChI=1S/C18H21ClN2O/c1-14-5-2-3-7-16(14)10-12-21-18(22)20-11-9-15-6-4-8-17(19)13-15/h2-8,13H,9-12H2,1H3,(H2,20,21,22). The Morgan fingerprint density at radius 2 is 1.73 bits per heavy atom. The SMILES string of the molecule is Cc1ccccc1CCNC(=O)NCCc1cccc(Cl)c1. The van der Waals surface area contributed by atoms with E-state index >= 15 is 0 Å². The van der Waals surface area contributed by atoms with Crippen LogP contribution in [0.3, 0.4) is 0 Å². The molecule has 0 heterocycles. The zero-order valence-corrected chi connectivity index (χ0v) is 13.5. The molecule has 2 aromatic rings. The van der Waals surface area contributed by atoms with E-state index < -0.39 is 0 Å². The summed E-state index contributed by atoms with van der Waals surface area (Å²) in [7, 11) is 0. The van der Waals surface area contributed by atoms with Gasteiger partial charge in [-0.05, 0) is 48.6 Å². The molecule has 22 heavy (non-hydrogen) atoms. The number of urea groups is 1. The average molecular weight is 317 g/mol. The fourth-order valence-electron chi connectivity index (χ4n) is 2.28. The summed E-state index contributed by atoms with van der Waals surface area (Å²) in [6.45, 7) is 3.31. The monoisotopic (exact) mass is 316 g/mol. The molecule has 0 radical (unpaired) electrons. The second-order valence-corrected chi connectivity index (χ2v) is 5.68. The molecule has 0 atom stereocenters. The summed E-state index contributed by atoms with van der Waals surface area (Å²) in [5.74, 6) is 0. The predicted octanol–water partition coefficient (Wildman–Crippen LogP) is 3.73. The maximum absolute atomic E-state index is 11.7. The van der Waals surface area contributed by atoms with Crippen molar-refractivity contribution in [2.45, 2.75) is 19.8 Å². The fraction of sp³-hybridized carbons (Fsp3) is 0.278. The number of carbonyl (C=O) groups is 1. The van der Waals surface area contributed by atoms with Gasteiger partial charge in [-0.15, -0.1) is 0 Å². The molecule has 0 bridgehead atoms. The van der Waals surface area contributed by atoms with Crippen LogP contribution in [-0.2, 0) is 12.8 Å². The van der Waals surface area contributed by atoms with E-state index in [2.05, 4.69) is 29.7 Å². The molecular weight excluding hydrogens is 296 g/mol. The van der Waals surface area contributed by atoms with E-state index in [-0.39, 0.29) is 6.03 Å². The zero-order valence-electron chi connectivity index (χ0n) is 12.7. The van der Waals surface area contributed by atoms with E-state index in [0.29, 0.717) is 13.1 Å². The maximum Gasteiger partial charge on any atom is 0.314 e. The molecule has 116 valence electrons. The summed E-state index contributed by atoms with van der Waals surface area (Å²) >= 11 is 5.93. The molecule has 0 fully saturated rings. The lowest BCUT2D eigenvalue weighted by Crippen LogP contribution is -2.37. The second kappa shape index (κ2) is 8.44. The van der Waals surface area contributed by atoms with Crippen LogP contribution in [0.2, 0.25) is 5.02 Å². The van der Waals surface area contributed by atoms with Gasteiger partial charge in [0.2, 0.25) is 0 Å².